The maximum atomic E-state index is 5.43. The van der Waals surface area contributed by atoms with Crippen LogP contribution < -0.4 is 5.32 Å². The molecule has 1 aliphatic rings. The molecule has 0 amide bonds. The Bertz CT molecular complexity index is 197. The second kappa shape index (κ2) is 8.06. The molecule has 1 aliphatic heterocycles. The zero-order valence-electron chi connectivity index (χ0n) is 12.0. The Labute approximate surface area is 107 Å². The first-order valence-electron chi connectivity index (χ1n) is 7.24. The number of nitrogens with zero attached hydrogens (tertiary/aromatic N) is 1. The molecule has 0 aromatic carbocycles. The maximum absolute atomic E-state index is 5.43. The van der Waals surface area contributed by atoms with Gasteiger partial charge in [0.05, 0.1) is 0 Å². The van der Waals surface area contributed by atoms with Crippen LogP contribution in [-0.2, 0) is 4.74 Å². The van der Waals surface area contributed by atoms with E-state index in [0.717, 1.165) is 32.1 Å². The number of hydrogen-bond acceptors (Lipinski definition) is 3. The lowest BCUT2D eigenvalue weighted by Gasteiger charge is -2.42. The standard InChI is InChI=1S/C14H30N2O/c1-5-13-11-16(8-7-9-17-6-2)14(10-15-13)12(3)4/h12-15H,5-11H2,1-4H3. The Kier molecular flexibility index (Phi) is 7.09. The molecule has 0 aliphatic carbocycles. The third-order valence-corrected chi connectivity index (χ3v) is 3.74. The van der Waals surface area contributed by atoms with Gasteiger partial charge in [0.15, 0.2) is 0 Å². The summed E-state index contributed by atoms with van der Waals surface area (Å²) in [7, 11) is 0. The summed E-state index contributed by atoms with van der Waals surface area (Å²) in [4.78, 5) is 2.66. The summed E-state index contributed by atoms with van der Waals surface area (Å²) in [5, 5.41) is 3.66. The monoisotopic (exact) mass is 242 g/mol. The fourth-order valence-electron chi connectivity index (χ4n) is 2.60. The van der Waals surface area contributed by atoms with Gasteiger partial charge in [-0.25, -0.2) is 0 Å². The van der Waals surface area contributed by atoms with Crippen LogP contribution in [0.15, 0.2) is 0 Å². The van der Waals surface area contributed by atoms with Crippen molar-refractivity contribution in [3.05, 3.63) is 0 Å². The second-order valence-electron chi connectivity index (χ2n) is 5.37. The minimum absolute atomic E-state index is 0.678. The van der Waals surface area contributed by atoms with Crippen molar-refractivity contribution in [1.29, 1.82) is 0 Å². The van der Waals surface area contributed by atoms with Gasteiger partial charge in [-0.05, 0) is 25.7 Å². The molecule has 3 nitrogen and oxygen atoms in total. The summed E-state index contributed by atoms with van der Waals surface area (Å²) < 4.78 is 5.43. The lowest BCUT2D eigenvalue weighted by Crippen LogP contribution is -2.58. The lowest BCUT2D eigenvalue weighted by atomic mass is 9.97. The molecular weight excluding hydrogens is 212 g/mol. The number of rotatable bonds is 7. The summed E-state index contributed by atoms with van der Waals surface area (Å²) in [5.74, 6) is 0.729. The van der Waals surface area contributed by atoms with Crippen LogP contribution in [0.25, 0.3) is 0 Å². The highest BCUT2D eigenvalue weighted by Crippen LogP contribution is 2.16. The molecule has 0 bridgehead atoms. The van der Waals surface area contributed by atoms with Gasteiger partial charge in [-0.15, -0.1) is 0 Å². The van der Waals surface area contributed by atoms with Crippen LogP contribution in [0.3, 0.4) is 0 Å². The molecule has 17 heavy (non-hydrogen) atoms. The molecule has 0 aromatic heterocycles. The molecule has 0 saturated carbocycles. The lowest BCUT2D eigenvalue weighted by molar-refractivity contribution is 0.0772. The minimum Gasteiger partial charge on any atom is -0.382 e. The van der Waals surface area contributed by atoms with Crippen LogP contribution in [-0.4, -0.2) is 49.8 Å². The predicted molar refractivity (Wildman–Crippen MR) is 73.4 cm³/mol. The maximum Gasteiger partial charge on any atom is 0.0478 e. The second-order valence-corrected chi connectivity index (χ2v) is 5.37. The molecule has 1 rings (SSSR count). The van der Waals surface area contributed by atoms with Crippen molar-refractivity contribution in [2.75, 3.05) is 32.8 Å². The van der Waals surface area contributed by atoms with Crippen molar-refractivity contribution >= 4 is 0 Å². The van der Waals surface area contributed by atoms with Crippen molar-refractivity contribution in [1.82, 2.24) is 10.2 Å². The highest BCUT2D eigenvalue weighted by molar-refractivity contribution is 4.87. The van der Waals surface area contributed by atoms with Gasteiger partial charge in [0.25, 0.3) is 0 Å². The summed E-state index contributed by atoms with van der Waals surface area (Å²) in [6.45, 7) is 14.3. The molecule has 1 saturated heterocycles. The molecular formula is C14H30N2O. The Morgan fingerprint density at radius 1 is 1.35 bits per heavy atom. The van der Waals surface area contributed by atoms with E-state index in [1.165, 1.54) is 19.5 Å². The van der Waals surface area contributed by atoms with Gasteiger partial charge < -0.3 is 10.1 Å². The molecule has 0 radical (unpaired) electrons. The molecule has 2 unspecified atom stereocenters. The highest BCUT2D eigenvalue weighted by atomic mass is 16.5. The summed E-state index contributed by atoms with van der Waals surface area (Å²) in [6.07, 6.45) is 2.39. The van der Waals surface area contributed by atoms with Gasteiger partial charge in [0.2, 0.25) is 0 Å². The fraction of sp³-hybridized carbons (Fsp3) is 1.00. The molecule has 2 atom stereocenters. The van der Waals surface area contributed by atoms with Crippen molar-refractivity contribution in [2.24, 2.45) is 5.92 Å². The summed E-state index contributed by atoms with van der Waals surface area (Å²) in [6, 6.07) is 1.37. The van der Waals surface area contributed by atoms with Crippen LogP contribution in [0.2, 0.25) is 0 Å². The van der Waals surface area contributed by atoms with Gasteiger partial charge >= 0.3 is 0 Å². The SMILES string of the molecule is CCOCCCN1CC(CC)NCC1C(C)C. The number of hydrogen-bond donors (Lipinski definition) is 1. The van der Waals surface area contributed by atoms with E-state index in [1.807, 2.05) is 0 Å². The van der Waals surface area contributed by atoms with Crippen LogP contribution in [0, 0.1) is 5.92 Å². The van der Waals surface area contributed by atoms with E-state index in [-0.39, 0.29) is 0 Å². The first kappa shape index (κ1) is 14.9. The number of ether oxygens (including phenoxy) is 1. The molecule has 1 N–H and O–H groups in total. The number of piperazine rings is 1. The zero-order valence-corrected chi connectivity index (χ0v) is 12.0. The number of nitrogens with one attached hydrogen (secondary N) is 1. The van der Waals surface area contributed by atoms with Crippen LogP contribution in [0.4, 0.5) is 0 Å². The molecule has 0 aromatic rings. The van der Waals surface area contributed by atoms with Gasteiger partial charge in [-0.1, -0.05) is 20.8 Å². The first-order valence-corrected chi connectivity index (χ1v) is 7.24. The average molecular weight is 242 g/mol. The third kappa shape index (κ3) is 4.94. The Hall–Kier alpha value is -0.120. The zero-order chi connectivity index (χ0) is 12.7. The van der Waals surface area contributed by atoms with Crippen molar-refractivity contribution in [2.45, 2.75) is 52.6 Å². The minimum atomic E-state index is 0.678. The molecule has 0 spiro atoms. The molecule has 102 valence electrons. The van der Waals surface area contributed by atoms with Crippen LogP contribution in [0.1, 0.15) is 40.5 Å². The topological polar surface area (TPSA) is 24.5 Å². The van der Waals surface area contributed by atoms with Crippen molar-refractivity contribution in [3.8, 4) is 0 Å². The summed E-state index contributed by atoms with van der Waals surface area (Å²) in [5.41, 5.74) is 0. The van der Waals surface area contributed by atoms with E-state index in [0.29, 0.717) is 12.1 Å². The van der Waals surface area contributed by atoms with Crippen molar-refractivity contribution < 1.29 is 4.74 Å². The van der Waals surface area contributed by atoms with E-state index in [9.17, 15) is 0 Å². The van der Waals surface area contributed by atoms with Gasteiger partial charge in [-0.2, -0.15) is 0 Å². The van der Waals surface area contributed by atoms with E-state index in [4.69, 9.17) is 4.74 Å². The van der Waals surface area contributed by atoms with E-state index < -0.39 is 0 Å². The largest absolute Gasteiger partial charge is 0.382 e. The fourth-order valence-corrected chi connectivity index (χ4v) is 2.60. The van der Waals surface area contributed by atoms with Gasteiger partial charge in [0.1, 0.15) is 0 Å². The third-order valence-electron chi connectivity index (χ3n) is 3.74. The van der Waals surface area contributed by atoms with Crippen LogP contribution in [0.5, 0.6) is 0 Å². The molecule has 1 heterocycles. The van der Waals surface area contributed by atoms with E-state index in [2.05, 4.69) is 37.9 Å². The Morgan fingerprint density at radius 3 is 2.71 bits per heavy atom. The Morgan fingerprint density at radius 2 is 2.12 bits per heavy atom. The predicted octanol–water partition coefficient (Wildman–Crippen LogP) is 2.12. The quantitative estimate of drug-likeness (QED) is 0.692. The normalized spacial score (nSPS) is 26.6. The first-order chi connectivity index (χ1) is 8.19. The van der Waals surface area contributed by atoms with Gasteiger partial charge in [-0.3, -0.25) is 4.90 Å². The smallest absolute Gasteiger partial charge is 0.0478 e. The Balaban J connectivity index is 2.37. The van der Waals surface area contributed by atoms with Gasteiger partial charge in [0, 0.05) is 44.9 Å². The average Bonchev–Trinajstić information content (AvgIpc) is 2.34. The van der Waals surface area contributed by atoms with E-state index >= 15 is 0 Å². The highest BCUT2D eigenvalue weighted by Gasteiger charge is 2.28. The summed E-state index contributed by atoms with van der Waals surface area (Å²) >= 11 is 0. The molecule has 1 fully saturated rings. The van der Waals surface area contributed by atoms with E-state index in [1.54, 1.807) is 0 Å². The molecule has 3 heteroatoms. The van der Waals surface area contributed by atoms with Crippen molar-refractivity contribution in [3.63, 3.8) is 0 Å². The van der Waals surface area contributed by atoms with Crippen LogP contribution >= 0.6 is 0 Å².